The lowest BCUT2D eigenvalue weighted by molar-refractivity contribution is -0.140. The molecule has 1 amide bonds. The average molecular weight is 500 g/mol. The van der Waals surface area contributed by atoms with Crippen LogP contribution >= 0.6 is 34.8 Å². The number of aromatic hydroxyl groups is 1. The second-order valence-corrected chi connectivity index (χ2v) is 8.70. The highest BCUT2D eigenvalue weighted by atomic mass is 35.5. The third-order valence-electron chi connectivity index (χ3n) is 5.09. The number of amides is 1. The summed E-state index contributed by atoms with van der Waals surface area (Å²) in [5, 5.41) is 21.2. The Balaban J connectivity index is 2.21. The Hall–Kier alpha value is -2.45. The van der Waals surface area contributed by atoms with Gasteiger partial charge in [0.2, 0.25) is 0 Å². The van der Waals surface area contributed by atoms with Crippen molar-refractivity contribution in [3.05, 3.63) is 62.1 Å². The van der Waals surface area contributed by atoms with Crippen molar-refractivity contribution in [3.63, 3.8) is 0 Å². The highest BCUT2D eigenvalue weighted by molar-refractivity contribution is 6.47. The summed E-state index contributed by atoms with van der Waals surface area (Å²) in [5.74, 6) is -1.96. The summed E-state index contributed by atoms with van der Waals surface area (Å²) < 4.78 is 5.13. The molecule has 0 aromatic heterocycles. The van der Waals surface area contributed by atoms with E-state index in [2.05, 4.69) is 0 Å². The van der Waals surface area contributed by atoms with Gasteiger partial charge in [0, 0.05) is 18.7 Å². The molecule has 1 fully saturated rings. The number of Topliss-reactive ketones (excluding diaryl/α,β-unsaturated/α-hetero) is 1. The molecule has 0 bridgehead atoms. The molecule has 7 nitrogen and oxygen atoms in total. The number of aliphatic hydroxyl groups is 1. The normalized spacial score (nSPS) is 18.0. The summed E-state index contributed by atoms with van der Waals surface area (Å²) in [7, 11) is 5.08. The number of ketones is 1. The van der Waals surface area contributed by atoms with Crippen molar-refractivity contribution in [3.8, 4) is 11.5 Å². The Bertz CT molecular complexity index is 1090. The van der Waals surface area contributed by atoms with Gasteiger partial charge in [-0.15, -0.1) is 0 Å². The maximum absolute atomic E-state index is 13.0. The Morgan fingerprint density at radius 1 is 1.09 bits per heavy atom. The van der Waals surface area contributed by atoms with Crippen molar-refractivity contribution in [2.45, 2.75) is 6.04 Å². The standard InChI is InChI=1S/C22H21Cl3N2O5/c1-26(2)6-7-27-18(11-4-5-16(28)13(23)8-11)17(20(30)22(27)31)19(29)12-9-14(24)21(32-3)15(25)10-12/h4-5,8-10,18,28-29H,6-7H2,1-3H3/b19-17+. The fourth-order valence-electron chi connectivity index (χ4n) is 3.51. The van der Waals surface area contributed by atoms with Crippen LogP contribution in [0.25, 0.3) is 5.76 Å². The number of carbonyl (C=O) groups is 2. The molecule has 1 saturated heterocycles. The predicted octanol–water partition coefficient (Wildman–Crippen LogP) is 4.34. The Labute approximate surface area is 200 Å². The van der Waals surface area contributed by atoms with Crippen LogP contribution in [-0.2, 0) is 9.59 Å². The molecular formula is C22H21Cl3N2O5. The van der Waals surface area contributed by atoms with Gasteiger partial charge in [0.05, 0.1) is 33.8 Å². The molecule has 0 radical (unpaired) electrons. The van der Waals surface area contributed by atoms with Crippen molar-refractivity contribution in [1.29, 1.82) is 0 Å². The van der Waals surface area contributed by atoms with Crippen LogP contribution < -0.4 is 4.74 Å². The van der Waals surface area contributed by atoms with Crippen LogP contribution in [0.1, 0.15) is 17.2 Å². The molecule has 1 aliphatic rings. The van der Waals surface area contributed by atoms with E-state index in [0.29, 0.717) is 12.1 Å². The molecule has 2 aromatic carbocycles. The first-order valence-electron chi connectivity index (χ1n) is 9.51. The average Bonchev–Trinajstić information content (AvgIpc) is 2.98. The Morgan fingerprint density at radius 3 is 2.25 bits per heavy atom. The highest BCUT2D eigenvalue weighted by Crippen LogP contribution is 2.43. The van der Waals surface area contributed by atoms with E-state index in [1.54, 1.807) is 6.07 Å². The number of carbonyl (C=O) groups excluding carboxylic acids is 2. The molecule has 1 unspecified atom stereocenters. The smallest absolute Gasteiger partial charge is 0.295 e. The fourth-order valence-corrected chi connectivity index (χ4v) is 4.34. The van der Waals surface area contributed by atoms with E-state index < -0.39 is 23.5 Å². The molecule has 2 aromatic rings. The topological polar surface area (TPSA) is 90.3 Å². The fraction of sp³-hybridized carbons (Fsp3) is 0.273. The van der Waals surface area contributed by atoms with Crippen LogP contribution in [0.2, 0.25) is 15.1 Å². The number of benzene rings is 2. The molecule has 0 saturated carbocycles. The summed E-state index contributed by atoms with van der Waals surface area (Å²) in [6.45, 7) is 0.706. The molecule has 2 N–H and O–H groups in total. The van der Waals surface area contributed by atoms with Crippen molar-refractivity contribution >= 4 is 52.3 Å². The molecule has 170 valence electrons. The molecule has 1 aliphatic heterocycles. The van der Waals surface area contributed by atoms with Gasteiger partial charge in [-0.3, -0.25) is 9.59 Å². The highest BCUT2D eigenvalue weighted by Gasteiger charge is 2.46. The molecular weight excluding hydrogens is 479 g/mol. The van der Waals surface area contributed by atoms with E-state index in [1.807, 2.05) is 19.0 Å². The van der Waals surface area contributed by atoms with Crippen LogP contribution in [0.3, 0.4) is 0 Å². The maximum atomic E-state index is 13.0. The lowest BCUT2D eigenvalue weighted by atomic mass is 9.95. The third-order valence-corrected chi connectivity index (χ3v) is 5.96. The molecule has 10 heteroatoms. The van der Waals surface area contributed by atoms with Crippen LogP contribution in [0, 0.1) is 0 Å². The Kier molecular flexibility index (Phi) is 7.25. The number of phenolic OH excluding ortho intramolecular Hbond substituents is 1. The summed E-state index contributed by atoms with van der Waals surface area (Å²) in [5.41, 5.74) is 0.479. The van der Waals surface area contributed by atoms with Gasteiger partial charge in [0.1, 0.15) is 11.5 Å². The SMILES string of the molecule is COc1c(Cl)cc(/C(O)=C2\C(=O)C(=O)N(CCN(C)C)C2c2ccc(O)c(Cl)c2)cc1Cl. The van der Waals surface area contributed by atoms with Crippen LogP contribution in [0.15, 0.2) is 35.9 Å². The number of rotatable bonds is 6. The van der Waals surface area contributed by atoms with Crippen molar-refractivity contribution < 1.29 is 24.5 Å². The first kappa shape index (κ1) is 24.2. The third kappa shape index (κ3) is 4.52. The number of nitrogens with zero attached hydrogens (tertiary/aromatic N) is 2. The van der Waals surface area contributed by atoms with Gasteiger partial charge in [-0.1, -0.05) is 40.9 Å². The number of methoxy groups -OCH3 is 1. The molecule has 0 spiro atoms. The van der Waals surface area contributed by atoms with Gasteiger partial charge in [-0.25, -0.2) is 0 Å². The monoisotopic (exact) mass is 498 g/mol. The van der Waals surface area contributed by atoms with Gasteiger partial charge >= 0.3 is 0 Å². The minimum atomic E-state index is -0.923. The summed E-state index contributed by atoms with van der Waals surface area (Å²) in [4.78, 5) is 29.1. The van der Waals surface area contributed by atoms with E-state index >= 15 is 0 Å². The second-order valence-electron chi connectivity index (χ2n) is 7.48. The van der Waals surface area contributed by atoms with E-state index in [4.69, 9.17) is 39.5 Å². The van der Waals surface area contributed by atoms with Crippen molar-refractivity contribution in [1.82, 2.24) is 9.80 Å². The summed E-state index contributed by atoms with van der Waals surface area (Å²) in [6, 6.07) is 6.24. The lowest BCUT2D eigenvalue weighted by Gasteiger charge is -2.26. The van der Waals surface area contributed by atoms with E-state index in [1.165, 1.54) is 36.3 Å². The van der Waals surface area contributed by atoms with Crippen LogP contribution in [0.4, 0.5) is 0 Å². The predicted molar refractivity (Wildman–Crippen MR) is 124 cm³/mol. The second kappa shape index (κ2) is 9.58. The number of ether oxygens (including phenoxy) is 1. The number of aliphatic hydroxyl groups excluding tert-OH is 1. The molecule has 32 heavy (non-hydrogen) atoms. The largest absolute Gasteiger partial charge is 0.507 e. The van der Waals surface area contributed by atoms with Gasteiger partial charge in [0.15, 0.2) is 5.75 Å². The minimum Gasteiger partial charge on any atom is -0.507 e. The van der Waals surface area contributed by atoms with Crippen LogP contribution in [0.5, 0.6) is 11.5 Å². The molecule has 0 aliphatic carbocycles. The first-order chi connectivity index (χ1) is 15.1. The number of phenols is 1. The van der Waals surface area contributed by atoms with Gasteiger partial charge in [0.25, 0.3) is 11.7 Å². The van der Waals surface area contributed by atoms with E-state index in [0.717, 1.165) is 0 Å². The van der Waals surface area contributed by atoms with Gasteiger partial charge < -0.3 is 24.7 Å². The lowest BCUT2D eigenvalue weighted by Crippen LogP contribution is -2.35. The Morgan fingerprint density at radius 2 is 1.72 bits per heavy atom. The zero-order chi connectivity index (χ0) is 23.7. The first-order valence-corrected chi connectivity index (χ1v) is 10.6. The van der Waals surface area contributed by atoms with Crippen LogP contribution in [-0.4, -0.2) is 66.0 Å². The number of hydrogen-bond donors (Lipinski definition) is 2. The number of likely N-dealkylation sites (tertiary alicyclic amines) is 1. The number of likely N-dealkylation sites (N-methyl/N-ethyl adjacent to an activating group) is 1. The quantitative estimate of drug-likeness (QED) is 0.349. The van der Waals surface area contributed by atoms with E-state index in [9.17, 15) is 19.8 Å². The zero-order valence-electron chi connectivity index (χ0n) is 17.5. The van der Waals surface area contributed by atoms with Gasteiger partial charge in [-0.2, -0.15) is 0 Å². The number of hydrogen-bond acceptors (Lipinski definition) is 6. The van der Waals surface area contributed by atoms with Crippen molar-refractivity contribution in [2.75, 3.05) is 34.3 Å². The molecule has 3 rings (SSSR count). The zero-order valence-corrected chi connectivity index (χ0v) is 19.8. The van der Waals surface area contributed by atoms with Gasteiger partial charge in [-0.05, 0) is 43.9 Å². The molecule has 1 heterocycles. The number of halogens is 3. The summed E-state index contributed by atoms with van der Waals surface area (Å²) in [6.07, 6.45) is 0. The van der Waals surface area contributed by atoms with Crippen molar-refractivity contribution in [2.24, 2.45) is 0 Å². The minimum absolute atomic E-state index is 0.0521. The molecule has 1 atom stereocenters. The van der Waals surface area contributed by atoms with E-state index in [-0.39, 0.29) is 44.2 Å². The summed E-state index contributed by atoms with van der Waals surface area (Å²) >= 11 is 18.5. The maximum Gasteiger partial charge on any atom is 0.295 e.